The molecule has 0 amide bonds. The van der Waals surface area contributed by atoms with E-state index in [4.69, 9.17) is 15.6 Å². The second-order valence-corrected chi connectivity index (χ2v) is 8.24. The van der Waals surface area contributed by atoms with Crippen LogP contribution < -0.4 is 27.6 Å². The molecule has 0 saturated carbocycles. The zero-order valence-electron chi connectivity index (χ0n) is 19.8. The van der Waals surface area contributed by atoms with Gasteiger partial charge < -0.3 is 26.5 Å². The molecule has 0 bridgehead atoms. The zero-order valence-corrected chi connectivity index (χ0v) is 19.8. The van der Waals surface area contributed by atoms with Crippen molar-refractivity contribution in [3.05, 3.63) is 71.4 Å². The van der Waals surface area contributed by atoms with Gasteiger partial charge in [-0.25, -0.2) is 24.6 Å². The summed E-state index contributed by atoms with van der Waals surface area (Å²) in [6.45, 7) is 5.00. The fraction of sp³-hybridized carbons (Fsp3) is 0.292. The number of hydrogen-bond acceptors (Lipinski definition) is 10. The summed E-state index contributed by atoms with van der Waals surface area (Å²) in [4.78, 5) is 18.1. The third-order valence-electron chi connectivity index (χ3n) is 5.96. The minimum absolute atomic E-state index is 0. The summed E-state index contributed by atoms with van der Waals surface area (Å²) in [6.07, 6.45) is 1.65. The number of nitrogens with one attached hydrogen (secondary N) is 2. The van der Waals surface area contributed by atoms with Gasteiger partial charge in [0.2, 0.25) is 5.95 Å². The molecule has 1 saturated heterocycles. The number of anilines is 3. The molecule has 1 aromatic heterocycles. The molecule has 2 aliphatic rings. The van der Waals surface area contributed by atoms with Crippen molar-refractivity contribution in [2.75, 3.05) is 49.6 Å². The van der Waals surface area contributed by atoms with Gasteiger partial charge in [0, 0.05) is 40.3 Å². The van der Waals surface area contributed by atoms with Crippen LogP contribution in [0.3, 0.4) is 0 Å². The third-order valence-corrected chi connectivity index (χ3v) is 5.96. The first kappa shape index (κ1) is 25.4. The summed E-state index contributed by atoms with van der Waals surface area (Å²) in [7, 11) is 0. The smallest absolute Gasteiger partial charge is 0.224 e. The molecule has 2 aliphatic heterocycles. The number of ether oxygens (including phenoxy) is 1. The van der Waals surface area contributed by atoms with E-state index in [9.17, 15) is 8.78 Å². The lowest BCUT2D eigenvalue weighted by molar-refractivity contribution is 0.0398. The normalized spacial score (nSPS) is 15.2. The van der Waals surface area contributed by atoms with Gasteiger partial charge in [0.05, 0.1) is 30.2 Å². The van der Waals surface area contributed by atoms with Gasteiger partial charge in [-0.15, -0.1) is 0 Å². The summed E-state index contributed by atoms with van der Waals surface area (Å²) in [5, 5.41) is 3.29. The number of nitrogens with two attached hydrogens (primary N) is 1. The van der Waals surface area contributed by atoms with E-state index in [1.54, 1.807) is 12.3 Å². The van der Waals surface area contributed by atoms with Gasteiger partial charge in [-0.1, -0.05) is 18.2 Å². The van der Waals surface area contributed by atoms with E-state index >= 15 is 0 Å². The molecule has 0 atom stereocenters. The van der Waals surface area contributed by atoms with Crippen LogP contribution in [0, 0.1) is 11.6 Å². The monoisotopic (exact) mass is 499 g/mol. The van der Waals surface area contributed by atoms with E-state index in [-0.39, 0.29) is 14.1 Å². The Morgan fingerprint density at radius 1 is 1.08 bits per heavy atom. The number of fused-ring (bicyclic) bond motifs is 2. The highest BCUT2D eigenvalue weighted by Gasteiger charge is 2.26. The molecule has 12 heteroatoms. The van der Waals surface area contributed by atoms with E-state index in [1.807, 2.05) is 29.2 Å². The minimum atomic E-state index is -0.903. The van der Waals surface area contributed by atoms with E-state index in [0.717, 1.165) is 44.6 Å². The number of aromatic nitrogens is 2. The molecule has 0 unspecified atom stereocenters. The topological polar surface area (TPSA) is 139 Å². The Morgan fingerprint density at radius 2 is 1.89 bits per heavy atom. The lowest BCUT2D eigenvalue weighted by atomic mass is 10.1. The summed E-state index contributed by atoms with van der Waals surface area (Å²) < 4.78 is 32.9. The standard InChI is InChI=1S/C24H26F2N8O.H3N.H2/c25-18-6-5-16(13-19(18)26)15-34-21-4-2-1-3-20(21)30-22(32-27)17-14-29-24(31-23(17)34)28-7-8-33-9-11-35-12-10-33;;/h1-6,13-14H,7-12,15,27H2,(H,30,32)(H,28,29,31);1H3;1H. The minimum Gasteiger partial charge on any atom is -0.379 e. The van der Waals surface area contributed by atoms with Crippen molar-refractivity contribution in [2.24, 2.45) is 10.8 Å². The molecular formula is C24H31F2N9O. The van der Waals surface area contributed by atoms with Crippen molar-refractivity contribution in [3.63, 3.8) is 0 Å². The quantitative estimate of drug-likeness (QED) is 0.298. The first-order valence-electron chi connectivity index (χ1n) is 11.4. The van der Waals surface area contributed by atoms with Gasteiger partial charge in [0.1, 0.15) is 5.82 Å². The number of amidine groups is 1. The average molecular weight is 500 g/mol. The maximum absolute atomic E-state index is 14.0. The molecule has 7 N–H and O–H groups in total. The van der Waals surface area contributed by atoms with Crippen LogP contribution in [0.15, 0.2) is 53.7 Å². The van der Waals surface area contributed by atoms with Crippen LogP contribution in [0.25, 0.3) is 0 Å². The van der Waals surface area contributed by atoms with Gasteiger partial charge >= 0.3 is 0 Å². The van der Waals surface area contributed by atoms with Crippen LogP contribution in [0.2, 0.25) is 0 Å². The number of hydrazine groups is 1. The van der Waals surface area contributed by atoms with Crippen molar-refractivity contribution in [1.82, 2.24) is 26.4 Å². The molecule has 3 aromatic rings. The maximum Gasteiger partial charge on any atom is 0.224 e. The molecular weight excluding hydrogens is 468 g/mol. The van der Waals surface area contributed by atoms with Gasteiger partial charge in [-0.2, -0.15) is 4.98 Å². The van der Waals surface area contributed by atoms with Gasteiger partial charge in [0.25, 0.3) is 0 Å². The van der Waals surface area contributed by atoms with Crippen LogP contribution in [0.5, 0.6) is 0 Å². The Morgan fingerprint density at radius 3 is 2.67 bits per heavy atom. The Balaban J connectivity index is 0.00000190. The number of aliphatic imine (C=N–C) groups is 1. The molecule has 2 aromatic carbocycles. The first-order valence-corrected chi connectivity index (χ1v) is 11.4. The average Bonchev–Trinajstić information content (AvgIpc) is 3.01. The Bertz CT molecular complexity index is 1240. The predicted molar refractivity (Wildman–Crippen MR) is 137 cm³/mol. The molecule has 0 radical (unpaired) electrons. The first-order chi connectivity index (χ1) is 17.1. The zero-order chi connectivity index (χ0) is 24.2. The number of nitrogens with zero attached hydrogens (tertiary/aromatic N) is 5. The molecule has 36 heavy (non-hydrogen) atoms. The number of para-hydroxylation sites is 2. The highest BCUT2D eigenvalue weighted by atomic mass is 19.2. The number of rotatable bonds is 6. The maximum atomic E-state index is 14.0. The molecule has 3 heterocycles. The number of hydrogen-bond donors (Lipinski definition) is 4. The lowest BCUT2D eigenvalue weighted by Crippen LogP contribution is -2.39. The van der Waals surface area contributed by atoms with Crippen molar-refractivity contribution in [2.45, 2.75) is 6.54 Å². The predicted octanol–water partition coefficient (Wildman–Crippen LogP) is 3.10. The van der Waals surface area contributed by atoms with Crippen LogP contribution in [-0.2, 0) is 11.3 Å². The summed E-state index contributed by atoms with van der Waals surface area (Å²) >= 11 is 0. The van der Waals surface area contributed by atoms with Gasteiger partial charge in [0.15, 0.2) is 17.5 Å². The highest BCUT2D eigenvalue weighted by Crippen LogP contribution is 2.39. The molecule has 10 nitrogen and oxygen atoms in total. The fourth-order valence-electron chi connectivity index (χ4n) is 4.15. The van der Waals surface area contributed by atoms with E-state index < -0.39 is 11.6 Å². The Kier molecular flexibility index (Phi) is 8.00. The molecule has 0 aliphatic carbocycles. The lowest BCUT2D eigenvalue weighted by Gasteiger charge is -2.27. The van der Waals surface area contributed by atoms with Crippen molar-refractivity contribution in [1.29, 1.82) is 0 Å². The van der Waals surface area contributed by atoms with Crippen molar-refractivity contribution < 1.29 is 14.9 Å². The van der Waals surface area contributed by atoms with Crippen molar-refractivity contribution >= 4 is 29.0 Å². The van der Waals surface area contributed by atoms with Crippen LogP contribution in [0.1, 0.15) is 12.6 Å². The molecule has 1 fully saturated rings. The van der Waals surface area contributed by atoms with Crippen LogP contribution >= 0.6 is 0 Å². The van der Waals surface area contributed by atoms with Gasteiger partial charge in [-0.05, 0) is 29.8 Å². The summed E-state index contributed by atoms with van der Waals surface area (Å²) in [6, 6.07) is 11.4. The molecule has 0 spiro atoms. The SMILES string of the molecule is N.NNC1=Nc2ccccc2N(Cc2ccc(F)c(F)c2)c2nc(NCCN3CCOCC3)ncc21.[HH]. The Hall–Kier alpha value is -3.71. The van der Waals surface area contributed by atoms with E-state index in [0.29, 0.717) is 41.0 Å². The number of morpholine rings is 1. The van der Waals surface area contributed by atoms with Crippen LogP contribution in [0.4, 0.5) is 31.9 Å². The number of benzene rings is 2. The highest BCUT2D eigenvalue weighted by molar-refractivity contribution is 6.06. The summed E-state index contributed by atoms with van der Waals surface area (Å²) in [5.41, 5.74) is 5.22. The second kappa shape index (κ2) is 11.4. The largest absolute Gasteiger partial charge is 0.379 e. The second-order valence-electron chi connectivity index (χ2n) is 8.24. The van der Waals surface area contributed by atoms with E-state index in [1.165, 1.54) is 6.07 Å². The van der Waals surface area contributed by atoms with Gasteiger partial charge in [-0.3, -0.25) is 4.90 Å². The fourth-order valence-corrected chi connectivity index (χ4v) is 4.15. The van der Waals surface area contributed by atoms with E-state index in [2.05, 4.69) is 25.6 Å². The number of halogens is 2. The summed E-state index contributed by atoms with van der Waals surface area (Å²) in [5.74, 6) is 5.40. The Labute approximate surface area is 209 Å². The van der Waals surface area contributed by atoms with Crippen LogP contribution in [-0.4, -0.2) is 60.1 Å². The third kappa shape index (κ3) is 5.41. The van der Waals surface area contributed by atoms with Crippen molar-refractivity contribution in [3.8, 4) is 0 Å². The molecule has 192 valence electrons. The molecule has 5 rings (SSSR count).